The number of carbonyl (C=O) groups is 1. The molecule has 0 amide bonds. The Hall–Kier alpha value is -3.14. The van der Waals surface area contributed by atoms with Crippen LogP contribution in [0.5, 0.6) is 0 Å². The molecule has 0 radical (unpaired) electrons. The highest BCUT2D eigenvalue weighted by molar-refractivity contribution is 6.00. The molecule has 2 aromatic carbocycles. The van der Waals surface area contributed by atoms with Crippen LogP contribution in [0.2, 0.25) is 0 Å². The molecule has 0 aliphatic rings. The van der Waals surface area contributed by atoms with Gasteiger partial charge in [0.05, 0.1) is 11.0 Å². The number of fused-ring (bicyclic) bond motifs is 2. The van der Waals surface area contributed by atoms with E-state index in [0.29, 0.717) is 28.3 Å². The third-order valence-corrected chi connectivity index (χ3v) is 4.28. The maximum Gasteiger partial charge on any atom is 0.197 e. The van der Waals surface area contributed by atoms with E-state index in [9.17, 15) is 9.59 Å². The van der Waals surface area contributed by atoms with Gasteiger partial charge in [-0.15, -0.1) is 0 Å². The summed E-state index contributed by atoms with van der Waals surface area (Å²) < 4.78 is 5.54. The van der Waals surface area contributed by atoms with E-state index in [1.54, 1.807) is 18.2 Å². The van der Waals surface area contributed by atoms with E-state index < -0.39 is 0 Å². The van der Waals surface area contributed by atoms with Crippen LogP contribution >= 0.6 is 0 Å². The summed E-state index contributed by atoms with van der Waals surface area (Å²) in [6.07, 6.45) is 0.666. The number of hydrogen-bond donors (Lipinski definition) is 1. The van der Waals surface area contributed by atoms with Crippen molar-refractivity contribution in [2.75, 3.05) is 0 Å². The van der Waals surface area contributed by atoms with Crippen LogP contribution in [0, 0.1) is 13.8 Å². The summed E-state index contributed by atoms with van der Waals surface area (Å²) in [5.41, 5.74) is 4.33. The molecule has 0 saturated carbocycles. The highest BCUT2D eigenvalue weighted by atomic mass is 16.3. The van der Waals surface area contributed by atoms with Crippen molar-refractivity contribution in [2.45, 2.75) is 13.8 Å². The minimum absolute atomic E-state index is 0.000247. The van der Waals surface area contributed by atoms with Gasteiger partial charge >= 0.3 is 0 Å². The lowest BCUT2D eigenvalue weighted by Gasteiger charge is -2.09. The molecule has 0 atom stereocenters. The maximum absolute atomic E-state index is 13.0. The number of rotatable bonds is 2. The Bertz CT molecular complexity index is 1160. The van der Waals surface area contributed by atoms with Crippen LogP contribution in [0.25, 0.3) is 33.1 Å². The molecule has 4 heteroatoms. The summed E-state index contributed by atoms with van der Waals surface area (Å²) in [5, 5.41) is 1.31. The lowest BCUT2D eigenvalue weighted by Crippen LogP contribution is -2.06. The number of aromatic amines is 1. The smallest absolute Gasteiger partial charge is 0.197 e. The van der Waals surface area contributed by atoms with E-state index in [1.165, 1.54) is 0 Å². The topological polar surface area (TPSA) is 63.1 Å². The molecule has 4 rings (SSSR count). The van der Waals surface area contributed by atoms with Gasteiger partial charge in [0.2, 0.25) is 0 Å². The molecule has 0 aliphatic carbocycles. The van der Waals surface area contributed by atoms with Gasteiger partial charge in [-0.25, -0.2) is 0 Å². The molecule has 2 heterocycles. The molecular formula is C20H15NO3. The fraction of sp³-hybridized carbons (Fsp3) is 0.100. The van der Waals surface area contributed by atoms with Gasteiger partial charge in [-0.2, -0.15) is 0 Å². The van der Waals surface area contributed by atoms with Gasteiger partial charge in [0.1, 0.15) is 5.76 Å². The van der Waals surface area contributed by atoms with Crippen molar-refractivity contribution < 1.29 is 9.21 Å². The van der Waals surface area contributed by atoms with Gasteiger partial charge in [-0.1, -0.05) is 12.1 Å². The zero-order valence-corrected chi connectivity index (χ0v) is 13.3. The monoisotopic (exact) mass is 317 g/mol. The zero-order chi connectivity index (χ0) is 16.8. The van der Waals surface area contributed by atoms with Crippen molar-refractivity contribution in [3.63, 3.8) is 0 Å². The number of H-pyrrole nitrogens is 1. The quantitative estimate of drug-likeness (QED) is 0.441. The molecule has 0 aliphatic heterocycles. The summed E-state index contributed by atoms with van der Waals surface area (Å²) >= 11 is 0. The summed E-state index contributed by atoms with van der Waals surface area (Å²) in [5.74, 6) is 0.818. The van der Waals surface area contributed by atoms with Gasteiger partial charge in [-0.05, 0) is 55.3 Å². The second-order valence-electron chi connectivity index (χ2n) is 6.01. The summed E-state index contributed by atoms with van der Waals surface area (Å²) in [4.78, 5) is 27.2. The molecule has 1 N–H and O–H groups in total. The van der Waals surface area contributed by atoms with Gasteiger partial charge < -0.3 is 9.40 Å². The summed E-state index contributed by atoms with van der Waals surface area (Å²) in [7, 11) is 0. The first kappa shape index (κ1) is 14.5. The van der Waals surface area contributed by atoms with Crippen LogP contribution in [0.15, 0.2) is 51.7 Å². The molecule has 118 valence electrons. The Balaban J connectivity index is 2.14. The van der Waals surface area contributed by atoms with E-state index in [2.05, 4.69) is 4.98 Å². The SMILES string of the molecule is Cc1cc(C)c2c(=O)c3cccc(-c4ccc(C=O)o4)c3[nH]c2c1. The van der Waals surface area contributed by atoms with Crippen molar-refractivity contribution in [2.24, 2.45) is 0 Å². The Labute approximate surface area is 137 Å². The highest BCUT2D eigenvalue weighted by Gasteiger charge is 2.14. The molecule has 0 spiro atoms. The Kier molecular flexibility index (Phi) is 3.13. The number of pyridine rings is 1. The normalized spacial score (nSPS) is 11.2. The standard InChI is InChI=1S/C20H15NO3/c1-11-8-12(2)18-16(9-11)21-19-14(4-3-5-15(19)20(18)23)17-7-6-13(10-22)24-17/h3-10H,1-2H3,(H,21,23). The van der Waals surface area contributed by atoms with E-state index in [4.69, 9.17) is 4.42 Å². The van der Waals surface area contributed by atoms with Crippen molar-refractivity contribution in [3.8, 4) is 11.3 Å². The average molecular weight is 317 g/mol. The molecule has 24 heavy (non-hydrogen) atoms. The Morgan fingerprint density at radius 3 is 2.67 bits per heavy atom. The van der Waals surface area contributed by atoms with Crippen molar-refractivity contribution in [1.29, 1.82) is 0 Å². The summed E-state index contributed by atoms with van der Waals surface area (Å²) in [6, 6.07) is 12.8. The van der Waals surface area contributed by atoms with Crippen molar-refractivity contribution in [1.82, 2.24) is 4.98 Å². The largest absolute Gasteiger partial charge is 0.453 e. The van der Waals surface area contributed by atoms with Gasteiger partial charge in [-0.3, -0.25) is 9.59 Å². The fourth-order valence-electron chi connectivity index (χ4n) is 3.28. The van der Waals surface area contributed by atoms with Crippen molar-refractivity contribution >= 4 is 28.1 Å². The average Bonchev–Trinajstić information content (AvgIpc) is 3.02. The van der Waals surface area contributed by atoms with Crippen LogP contribution in [-0.2, 0) is 0 Å². The second kappa shape index (κ2) is 5.20. The van der Waals surface area contributed by atoms with E-state index >= 15 is 0 Å². The minimum Gasteiger partial charge on any atom is -0.453 e. The maximum atomic E-state index is 13.0. The predicted molar refractivity (Wildman–Crippen MR) is 94.6 cm³/mol. The van der Waals surface area contributed by atoms with E-state index in [0.717, 1.165) is 22.2 Å². The molecule has 0 fully saturated rings. The van der Waals surface area contributed by atoms with Gasteiger partial charge in [0.15, 0.2) is 17.5 Å². The molecule has 0 unspecified atom stereocenters. The minimum atomic E-state index is 0.000247. The predicted octanol–water partition coefficient (Wildman–Crippen LogP) is 4.37. The van der Waals surface area contributed by atoms with E-state index in [1.807, 2.05) is 38.1 Å². The third kappa shape index (κ3) is 2.07. The first-order valence-corrected chi connectivity index (χ1v) is 7.70. The number of hydrogen-bond acceptors (Lipinski definition) is 3. The number of nitrogens with one attached hydrogen (secondary N) is 1. The Morgan fingerprint density at radius 1 is 1.08 bits per heavy atom. The Morgan fingerprint density at radius 2 is 1.92 bits per heavy atom. The number of aldehydes is 1. The lowest BCUT2D eigenvalue weighted by molar-refractivity contribution is 0.110. The van der Waals surface area contributed by atoms with Crippen LogP contribution in [0.3, 0.4) is 0 Å². The molecule has 0 bridgehead atoms. The van der Waals surface area contributed by atoms with Crippen LogP contribution in [-0.4, -0.2) is 11.3 Å². The number of benzene rings is 2. The van der Waals surface area contributed by atoms with Crippen molar-refractivity contribution in [3.05, 3.63) is 69.6 Å². The van der Waals surface area contributed by atoms with Crippen LogP contribution < -0.4 is 5.43 Å². The molecule has 2 aromatic heterocycles. The number of para-hydroxylation sites is 1. The third-order valence-electron chi connectivity index (χ3n) is 4.28. The number of furan rings is 1. The second-order valence-corrected chi connectivity index (χ2v) is 6.01. The first-order chi connectivity index (χ1) is 11.6. The fourth-order valence-corrected chi connectivity index (χ4v) is 3.28. The first-order valence-electron chi connectivity index (χ1n) is 7.70. The number of carbonyl (C=O) groups excluding carboxylic acids is 1. The van der Waals surface area contributed by atoms with Crippen LogP contribution in [0.4, 0.5) is 0 Å². The van der Waals surface area contributed by atoms with E-state index in [-0.39, 0.29) is 11.2 Å². The highest BCUT2D eigenvalue weighted by Crippen LogP contribution is 2.29. The lowest BCUT2D eigenvalue weighted by atomic mass is 10.0. The molecular weight excluding hydrogens is 302 g/mol. The number of aryl methyl sites for hydroxylation is 2. The van der Waals surface area contributed by atoms with Gasteiger partial charge in [0.25, 0.3) is 0 Å². The number of aromatic nitrogens is 1. The molecule has 4 nitrogen and oxygen atoms in total. The molecule has 4 aromatic rings. The van der Waals surface area contributed by atoms with Crippen LogP contribution in [0.1, 0.15) is 21.7 Å². The summed E-state index contributed by atoms with van der Waals surface area (Å²) in [6.45, 7) is 3.95. The zero-order valence-electron chi connectivity index (χ0n) is 13.3. The molecule has 0 saturated heterocycles. The van der Waals surface area contributed by atoms with Gasteiger partial charge in [0, 0.05) is 16.3 Å².